The number of hydrogen-bond donors (Lipinski definition) is 1. The molecule has 2 aliphatic heterocycles. The van der Waals surface area contributed by atoms with Crippen LogP contribution in [0.25, 0.3) is 0 Å². The Morgan fingerprint density at radius 1 is 0.967 bits per heavy atom. The van der Waals surface area contributed by atoms with E-state index in [-0.39, 0.29) is 30.3 Å². The van der Waals surface area contributed by atoms with Crippen molar-refractivity contribution in [3.05, 3.63) is 60.2 Å². The zero-order valence-corrected chi connectivity index (χ0v) is 17.8. The summed E-state index contributed by atoms with van der Waals surface area (Å²) in [7, 11) is -3.38. The number of carbonyl (C=O) groups is 2. The molecule has 2 aliphatic rings. The molecule has 2 aromatic rings. The van der Waals surface area contributed by atoms with Crippen molar-refractivity contribution in [3.8, 4) is 0 Å². The fourth-order valence-electron chi connectivity index (χ4n) is 4.77. The van der Waals surface area contributed by atoms with Crippen LogP contribution in [0.3, 0.4) is 0 Å². The summed E-state index contributed by atoms with van der Waals surface area (Å²) in [5.41, 5.74) is 1.58. The molecule has 158 valence electrons. The van der Waals surface area contributed by atoms with E-state index >= 15 is 0 Å². The van der Waals surface area contributed by atoms with E-state index in [1.807, 2.05) is 23.1 Å². The van der Waals surface area contributed by atoms with Gasteiger partial charge in [0.1, 0.15) is 0 Å². The van der Waals surface area contributed by atoms with Crippen molar-refractivity contribution in [2.75, 3.05) is 5.32 Å². The molecule has 0 aliphatic carbocycles. The number of amides is 2. The maximum absolute atomic E-state index is 13.0. The normalized spacial score (nSPS) is 23.2. The predicted octanol–water partition coefficient (Wildman–Crippen LogP) is 3.18. The fourth-order valence-corrected chi connectivity index (χ4v) is 6.64. The maximum atomic E-state index is 13.0. The van der Waals surface area contributed by atoms with Crippen LogP contribution in [-0.2, 0) is 25.8 Å². The first-order valence-corrected chi connectivity index (χ1v) is 11.9. The van der Waals surface area contributed by atoms with E-state index in [0.717, 1.165) is 18.4 Å². The van der Waals surface area contributed by atoms with Crippen LogP contribution in [0.5, 0.6) is 0 Å². The maximum Gasteiger partial charge on any atom is 0.227 e. The number of nitrogens with one attached hydrogen (secondary N) is 1. The van der Waals surface area contributed by atoms with Gasteiger partial charge in [-0.25, -0.2) is 8.42 Å². The lowest BCUT2D eigenvalue weighted by Crippen LogP contribution is -2.50. The van der Waals surface area contributed by atoms with Gasteiger partial charge in [0.2, 0.25) is 11.8 Å². The molecule has 2 aromatic carbocycles. The van der Waals surface area contributed by atoms with Crippen molar-refractivity contribution in [3.63, 3.8) is 0 Å². The summed E-state index contributed by atoms with van der Waals surface area (Å²) in [6.07, 6.45) is 3.00. The first-order valence-electron chi connectivity index (χ1n) is 10.3. The highest BCUT2D eigenvalue weighted by Crippen LogP contribution is 2.40. The number of sulfone groups is 1. The van der Waals surface area contributed by atoms with Gasteiger partial charge < -0.3 is 10.2 Å². The molecule has 2 heterocycles. The zero-order chi connectivity index (χ0) is 21.3. The monoisotopic (exact) mass is 426 g/mol. The van der Waals surface area contributed by atoms with Crippen molar-refractivity contribution in [1.29, 1.82) is 0 Å². The second-order valence-corrected chi connectivity index (χ2v) is 10.4. The molecule has 2 bridgehead atoms. The van der Waals surface area contributed by atoms with Crippen molar-refractivity contribution >= 4 is 27.3 Å². The lowest BCUT2D eigenvalue weighted by atomic mass is 10.0. The van der Waals surface area contributed by atoms with Crippen molar-refractivity contribution < 1.29 is 18.0 Å². The number of carbonyl (C=O) groups excluding carboxylic acids is 2. The number of piperidine rings is 1. The Bertz CT molecular complexity index is 1020. The number of nitrogens with zero attached hydrogens (tertiary/aromatic N) is 1. The second kappa shape index (κ2) is 8.22. The summed E-state index contributed by atoms with van der Waals surface area (Å²) >= 11 is 0. The topological polar surface area (TPSA) is 83.6 Å². The van der Waals surface area contributed by atoms with Gasteiger partial charge in [-0.2, -0.15) is 0 Å². The summed E-state index contributed by atoms with van der Waals surface area (Å²) in [5.74, 6) is -0.0888. The quantitative estimate of drug-likeness (QED) is 0.796. The Balaban J connectivity index is 1.44. The standard InChI is InChI=1S/C23H26N2O4S/c1-16(26)24-18-9-7-17(8-10-18)13-23(27)25-19-11-12-20(25)15-22(14-19)30(28,29)21-5-3-2-4-6-21/h2-10,19-20,22H,11-15H2,1H3,(H,24,26)/t19-,20+,22?. The predicted molar refractivity (Wildman–Crippen MR) is 115 cm³/mol. The van der Waals surface area contributed by atoms with Crippen LogP contribution in [0.1, 0.15) is 38.2 Å². The third-order valence-corrected chi connectivity index (χ3v) is 8.31. The van der Waals surface area contributed by atoms with E-state index in [4.69, 9.17) is 0 Å². The minimum Gasteiger partial charge on any atom is -0.336 e. The van der Waals surface area contributed by atoms with Crippen LogP contribution in [-0.4, -0.2) is 42.5 Å². The van der Waals surface area contributed by atoms with Crippen molar-refractivity contribution in [2.45, 2.75) is 61.3 Å². The van der Waals surface area contributed by atoms with E-state index in [9.17, 15) is 18.0 Å². The van der Waals surface area contributed by atoms with Crippen molar-refractivity contribution in [2.24, 2.45) is 0 Å². The number of fused-ring (bicyclic) bond motifs is 2. The van der Waals surface area contributed by atoms with Gasteiger partial charge in [-0.05, 0) is 55.5 Å². The van der Waals surface area contributed by atoms with E-state index in [1.165, 1.54) is 6.92 Å². The fraction of sp³-hybridized carbons (Fsp3) is 0.391. The highest BCUT2D eigenvalue weighted by molar-refractivity contribution is 7.92. The van der Waals surface area contributed by atoms with Gasteiger partial charge in [-0.15, -0.1) is 0 Å². The molecule has 7 heteroatoms. The highest BCUT2D eigenvalue weighted by Gasteiger charge is 2.46. The van der Waals surface area contributed by atoms with Gasteiger partial charge in [-0.1, -0.05) is 30.3 Å². The van der Waals surface area contributed by atoms with Gasteiger partial charge in [0.25, 0.3) is 0 Å². The van der Waals surface area contributed by atoms with Gasteiger partial charge in [-0.3, -0.25) is 9.59 Å². The van der Waals surface area contributed by atoms with Gasteiger partial charge in [0, 0.05) is 24.7 Å². The number of anilines is 1. The molecule has 0 spiro atoms. The Hall–Kier alpha value is -2.67. The summed E-state index contributed by atoms with van der Waals surface area (Å²) in [5, 5.41) is 2.28. The Labute approximate surface area is 177 Å². The van der Waals surface area contributed by atoms with Crippen LogP contribution in [0.15, 0.2) is 59.5 Å². The summed E-state index contributed by atoms with van der Waals surface area (Å²) in [6, 6.07) is 15.8. The number of benzene rings is 2. The number of hydrogen-bond acceptors (Lipinski definition) is 4. The molecular weight excluding hydrogens is 400 g/mol. The van der Waals surface area contributed by atoms with Crippen LogP contribution in [0, 0.1) is 0 Å². The van der Waals surface area contributed by atoms with Crippen LogP contribution in [0.2, 0.25) is 0 Å². The lowest BCUT2D eigenvalue weighted by Gasteiger charge is -2.38. The van der Waals surface area contributed by atoms with Crippen LogP contribution < -0.4 is 5.32 Å². The molecule has 1 N–H and O–H groups in total. The first kappa shape index (κ1) is 20.6. The summed E-state index contributed by atoms with van der Waals surface area (Å²) < 4.78 is 26.1. The molecule has 30 heavy (non-hydrogen) atoms. The molecule has 0 radical (unpaired) electrons. The average molecular weight is 427 g/mol. The molecule has 1 unspecified atom stereocenters. The minimum absolute atomic E-state index is 0.0154. The molecule has 2 fully saturated rings. The highest BCUT2D eigenvalue weighted by atomic mass is 32.2. The number of rotatable bonds is 5. The van der Waals surface area contributed by atoms with Crippen LogP contribution in [0.4, 0.5) is 5.69 Å². The van der Waals surface area contributed by atoms with E-state index in [1.54, 1.807) is 36.4 Å². The summed E-state index contributed by atoms with van der Waals surface area (Å²) in [4.78, 5) is 26.5. The van der Waals surface area contributed by atoms with Gasteiger partial charge in [0.05, 0.1) is 16.6 Å². The molecule has 4 rings (SSSR count). The average Bonchev–Trinajstić information content (AvgIpc) is 2.99. The summed E-state index contributed by atoms with van der Waals surface area (Å²) in [6.45, 7) is 1.45. The second-order valence-electron chi connectivity index (χ2n) is 8.19. The molecular formula is C23H26N2O4S. The molecule has 2 amide bonds. The lowest BCUT2D eigenvalue weighted by molar-refractivity contribution is -0.134. The van der Waals surface area contributed by atoms with Gasteiger partial charge >= 0.3 is 0 Å². The Morgan fingerprint density at radius 2 is 1.57 bits per heavy atom. The first-order chi connectivity index (χ1) is 14.3. The SMILES string of the molecule is CC(=O)Nc1ccc(CC(=O)N2[C@@H]3CC[C@H]2CC(S(=O)(=O)c2ccccc2)C3)cc1. The van der Waals surface area contributed by atoms with Crippen LogP contribution >= 0.6 is 0 Å². The third kappa shape index (κ3) is 4.12. The minimum atomic E-state index is -3.38. The molecule has 3 atom stereocenters. The molecule has 2 saturated heterocycles. The molecule has 0 saturated carbocycles. The Morgan fingerprint density at radius 3 is 2.13 bits per heavy atom. The third-order valence-electron chi connectivity index (χ3n) is 6.12. The largest absolute Gasteiger partial charge is 0.336 e. The molecule has 0 aromatic heterocycles. The molecule has 6 nitrogen and oxygen atoms in total. The van der Waals surface area contributed by atoms with E-state index in [2.05, 4.69) is 5.32 Å². The van der Waals surface area contributed by atoms with E-state index in [0.29, 0.717) is 23.4 Å². The van der Waals surface area contributed by atoms with E-state index < -0.39 is 15.1 Å². The van der Waals surface area contributed by atoms with Gasteiger partial charge in [0.15, 0.2) is 9.84 Å². The Kier molecular flexibility index (Phi) is 5.64. The smallest absolute Gasteiger partial charge is 0.227 e. The zero-order valence-electron chi connectivity index (χ0n) is 17.0. The van der Waals surface area contributed by atoms with Crippen molar-refractivity contribution in [1.82, 2.24) is 4.90 Å².